The van der Waals surface area contributed by atoms with Crippen LogP contribution in [-0.2, 0) is 16.0 Å². The number of amides is 1. The fourth-order valence-electron chi connectivity index (χ4n) is 1.82. The molecule has 0 aliphatic carbocycles. The highest BCUT2D eigenvalue weighted by molar-refractivity contribution is 8.00. The van der Waals surface area contributed by atoms with E-state index < -0.39 is 12.0 Å². The van der Waals surface area contributed by atoms with Crippen LogP contribution in [0, 0.1) is 0 Å². The van der Waals surface area contributed by atoms with Gasteiger partial charge in [0, 0.05) is 15.8 Å². The molecule has 1 aliphatic heterocycles. The van der Waals surface area contributed by atoms with Crippen LogP contribution < -0.4 is 5.32 Å². The Hall–Kier alpha value is -0.910. The van der Waals surface area contributed by atoms with Crippen molar-refractivity contribution in [3.63, 3.8) is 0 Å². The van der Waals surface area contributed by atoms with Gasteiger partial charge in [-0.2, -0.15) is 0 Å². The summed E-state index contributed by atoms with van der Waals surface area (Å²) < 4.78 is 0. The lowest BCUT2D eigenvalue weighted by Gasteiger charge is -2.26. The zero-order valence-corrected chi connectivity index (χ0v) is 12.1. The molecule has 2 N–H and O–H groups in total. The number of hydrogen-bond acceptors (Lipinski definition) is 3. The molecule has 102 valence electrons. The van der Waals surface area contributed by atoms with Crippen molar-refractivity contribution in [1.82, 2.24) is 5.32 Å². The van der Waals surface area contributed by atoms with Gasteiger partial charge in [0.25, 0.3) is 0 Å². The van der Waals surface area contributed by atoms with Gasteiger partial charge in [-0.05, 0) is 30.2 Å². The van der Waals surface area contributed by atoms with Crippen LogP contribution in [0.4, 0.5) is 0 Å². The van der Waals surface area contributed by atoms with Crippen LogP contribution in [-0.4, -0.2) is 34.0 Å². The number of thioether (sulfide) groups is 1. The summed E-state index contributed by atoms with van der Waals surface area (Å²) in [7, 11) is 0. The standard InChI is InChI=1S/C12H11Cl2NO3S/c13-7-1-6(2-8(14)4-7)3-10-11(16)15-9(5-19-10)12(17)18/h1-2,4,9-10H,3,5H2,(H,15,16)(H,17,18). The summed E-state index contributed by atoms with van der Waals surface area (Å²) in [5, 5.41) is 12.1. The minimum atomic E-state index is -1.01. The molecule has 1 aliphatic rings. The fraction of sp³-hybridized carbons (Fsp3) is 0.333. The highest BCUT2D eigenvalue weighted by Crippen LogP contribution is 2.25. The summed E-state index contributed by atoms with van der Waals surface area (Å²) >= 11 is 13.1. The van der Waals surface area contributed by atoms with Crippen molar-refractivity contribution in [2.24, 2.45) is 0 Å². The van der Waals surface area contributed by atoms with E-state index in [0.717, 1.165) is 5.56 Å². The molecular weight excluding hydrogens is 309 g/mol. The van der Waals surface area contributed by atoms with Crippen LogP contribution in [0.15, 0.2) is 18.2 Å². The van der Waals surface area contributed by atoms with Gasteiger partial charge in [-0.25, -0.2) is 4.79 Å². The lowest BCUT2D eigenvalue weighted by Crippen LogP contribution is -2.51. The first kappa shape index (κ1) is 14.5. The molecule has 7 heteroatoms. The minimum Gasteiger partial charge on any atom is -0.480 e. The molecule has 0 saturated carbocycles. The van der Waals surface area contributed by atoms with E-state index in [2.05, 4.69) is 5.32 Å². The first-order chi connectivity index (χ1) is 8.95. The zero-order chi connectivity index (χ0) is 14.0. The van der Waals surface area contributed by atoms with Crippen molar-refractivity contribution >= 4 is 46.8 Å². The predicted octanol–water partition coefficient (Wildman–Crippen LogP) is 2.22. The lowest BCUT2D eigenvalue weighted by atomic mass is 10.1. The van der Waals surface area contributed by atoms with E-state index in [0.29, 0.717) is 22.2 Å². The molecule has 1 aromatic rings. The van der Waals surface area contributed by atoms with Crippen LogP contribution in [0.1, 0.15) is 5.56 Å². The van der Waals surface area contributed by atoms with Crippen molar-refractivity contribution in [2.45, 2.75) is 17.7 Å². The Morgan fingerprint density at radius 2 is 2.00 bits per heavy atom. The van der Waals surface area contributed by atoms with E-state index in [1.165, 1.54) is 11.8 Å². The topological polar surface area (TPSA) is 66.4 Å². The summed E-state index contributed by atoms with van der Waals surface area (Å²) in [6, 6.07) is 4.33. The maximum atomic E-state index is 11.8. The molecule has 1 fully saturated rings. The highest BCUT2D eigenvalue weighted by Gasteiger charge is 2.32. The van der Waals surface area contributed by atoms with Gasteiger partial charge in [0.05, 0.1) is 5.25 Å². The second-order valence-electron chi connectivity index (χ2n) is 4.20. The molecule has 19 heavy (non-hydrogen) atoms. The number of rotatable bonds is 3. The minimum absolute atomic E-state index is 0.264. The van der Waals surface area contributed by atoms with E-state index in [9.17, 15) is 9.59 Å². The molecule has 4 nitrogen and oxygen atoms in total. The van der Waals surface area contributed by atoms with Gasteiger partial charge >= 0.3 is 5.97 Å². The average molecular weight is 320 g/mol. The molecule has 0 aromatic heterocycles. The molecule has 2 atom stereocenters. The van der Waals surface area contributed by atoms with Gasteiger partial charge < -0.3 is 10.4 Å². The van der Waals surface area contributed by atoms with Crippen molar-refractivity contribution < 1.29 is 14.7 Å². The molecule has 0 bridgehead atoms. The number of nitrogens with one attached hydrogen (secondary N) is 1. The number of carboxylic acid groups (broad SMARTS) is 1. The smallest absolute Gasteiger partial charge is 0.327 e. The summed E-state index contributed by atoms with van der Waals surface area (Å²) in [6.07, 6.45) is 0.475. The van der Waals surface area contributed by atoms with E-state index in [-0.39, 0.29) is 11.2 Å². The molecule has 2 unspecified atom stereocenters. The Morgan fingerprint density at radius 1 is 1.37 bits per heavy atom. The number of halogens is 2. The number of carbonyl (C=O) groups excluding carboxylic acids is 1. The van der Waals surface area contributed by atoms with Gasteiger partial charge in [0.15, 0.2) is 0 Å². The van der Waals surface area contributed by atoms with Crippen LogP contribution in [0.25, 0.3) is 0 Å². The van der Waals surface area contributed by atoms with Gasteiger partial charge in [-0.3, -0.25) is 4.79 Å². The first-order valence-electron chi connectivity index (χ1n) is 5.55. The van der Waals surface area contributed by atoms with E-state index in [4.69, 9.17) is 28.3 Å². The predicted molar refractivity (Wildman–Crippen MR) is 76.0 cm³/mol. The fourth-order valence-corrected chi connectivity index (χ4v) is 3.57. The molecule has 0 spiro atoms. The molecular formula is C12H11Cl2NO3S. The van der Waals surface area contributed by atoms with Crippen molar-refractivity contribution in [3.05, 3.63) is 33.8 Å². The van der Waals surface area contributed by atoms with E-state index in [1.54, 1.807) is 18.2 Å². The van der Waals surface area contributed by atoms with E-state index in [1.807, 2.05) is 0 Å². The Labute approximate surface area is 124 Å². The molecule has 2 rings (SSSR count). The summed E-state index contributed by atoms with van der Waals surface area (Å²) in [4.78, 5) is 22.6. The normalized spacial score (nSPS) is 22.9. The van der Waals surface area contributed by atoms with Crippen molar-refractivity contribution in [3.8, 4) is 0 Å². The quantitative estimate of drug-likeness (QED) is 0.896. The van der Waals surface area contributed by atoms with Crippen LogP contribution in [0.5, 0.6) is 0 Å². The van der Waals surface area contributed by atoms with Gasteiger partial charge in [0.2, 0.25) is 5.91 Å². The zero-order valence-electron chi connectivity index (χ0n) is 9.73. The van der Waals surface area contributed by atoms with Crippen molar-refractivity contribution in [2.75, 3.05) is 5.75 Å². The third-order valence-corrected chi connectivity index (χ3v) is 4.46. The van der Waals surface area contributed by atoms with Gasteiger partial charge in [0.1, 0.15) is 6.04 Å². The second-order valence-corrected chi connectivity index (χ2v) is 6.31. The first-order valence-corrected chi connectivity index (χ1v) is 7.36. The Bertz CT molecular complexity index is 503. The molecule has 1 aromatic carbocycles. The number of carbonyl (C=O) groups is 2. The van der Waals surface area contributed by atoms with Gasteiger partial charge in [-0.15, -0.1) is 11.8 Å². The second kappa shape index (κ2) is 6.03. The lowest BCUT2D eigenvalue weighted by molar-refractivity contribution is -0.141. The third kappa shape index (κ3) is 3.78. The monoisotopic (exact) mass is 319 g/mol. The van der Waals surface area contributed by atoms with Gasteiger partial charge in [-0.1, -0.05) is 23.2 Å². The summed E-state index contributed by atoms with van der Waals surface area (Å²) in [5.74, 6) is -0.912. The molecule has 1 amide bonds. The largest absolute Gasteiger partial charge is 0.480 e. The van der Waals surface area contributed by atoms with E-state index >= 15 is 0 Å². The molecule has 1 heterocycles. The van der Waals surface area contributed by atoms with Crippen molar-refractivity contribution in [1.29, 1.82) is 0 Å². The summed E-state index contributed by atoms with van der Waals surface area (Å²) in [6.45, 7) is 0. The Balaban J connectivity index is 2.04. The Morgan fingerprint density at radius 3 is 2.53 bits per heavy atom. The van der Waals surface area contributed by atoms with Crippen LogP contribution >= 0.6 is 35.0 Å². The SMILES string of the molecule is O=C(O)C1CSC(Cc2cc(Cl)cc(Cl)c2)C(=O)N1. The molecule has 0 radical (unpaired) electrons. The average Bonchev–Trinajstić information content (AvgIpc) is 2.30. The number of benzene rings is 1. The van der Waals surface area contributed by atoms with Crippen LogP contribution in [0.2, 0.25) is 10.0 Å². The third-order valence-electron chi connectivity index (χ3n) is 2.71. The maximum absolute atomic E-state index is 11.8. The Kier molecular flexibility index (Phi) is 4.60. The number of aliphatic carboxylic acids is 1. The number of hydrogen-bond donors (Lipinski definition) is 2. The molecule has 1 saturated heterocycles. The highest BCUT2D eigenvalue weighted by atomic mass is 35.5. The maximum Gasteiger partial charge on any atom is 0.327 e. The number of carboxylic acids is 1. The van der Waals surface area contributed by atoms with Crippen LogP contribution in [0.3, 0.4) is 0 Å². The summed E-state index contributed by atoms with van der Waals surface area (Å²) in [5.41, 5.74) is 0.860.